The first kappa shape index (κ1) is 14.3. The van der Waals surface area contributed by atoms with E-state index in [0.29, 0.717) is 23.4 Å². The molecule has 0 atom stereocenters. The minimum absolute atomic E-state index is 0.0796. The van der Waals surface area contributed by atoms with Crippen LogP contribution in [0.2, 0.25) is 0 Å². The summed E-state index contributed by atoms with van der Waals surface area (Å²) < 4.78 is 0. The Hall–Kier alpha value is -2.62. The van der Waals surface area contributed by atoms with Gasteiger partial charge in [0.25, 0.3) is 11.8 Å². The van der Waals surface area contributed by atoms with Crippen LogP contribution in [0.5, 0.6) is 0 Å². The zero-order chi connectivity index (χ0) is 15.7. The number of fused-ring (bicyclic) bond motifs is 1. The number of aryl methyl sites for hydroxylation is 2. The summed E-state index contributed by atoms with van der Waals surface area (Å²) in [6.07, 6.45) is 0.826. The molecule has 1 aliphatic heterocycles. The topological polar surface area (TPSA) is 58.2 Å². The summed E-state index contributed by atoms with van der Waals surface area (Å²) in [5.41, 5.74) is 4.93. The van der Waals surface area contributed by atoms with Gasteiger partial charge in [0.2, 0.25) is 0 Å². The number of hydrogen-bond acceptors (Lipinski definition) is 2. The lowest BCUT2D eigenvalue weighted by molar-refractivity contribution is 0.0944. The summed E-state index contributed by atoms with van der Waals surface area (Å²) in [6.45, 7) is 4.54. The predicted octanol–water partition coefficient (Wildman–Crippen LogP) is 2.84. The van der Waals surface area contributed by atoms with Crippen LogP contribution in [0.3, 0.4) is 0 Å². The molecule has 1 aliphatic rings. The molecule has 0 fully saturated rings. The zero-order valence-corrected chi connectivity index (χ0v) is 12.7. The van der Waals surface area contributed by atoms with Gasteiger partial charge >= 0.3 is 0 Å². The van der Waals surface area contributed by atoms with Crippen LogP contribution in [0.15, 0.2) is 36.4 Å². The molecule has 0 saturated carbocycles. The lowest BCUT2D eigenvalue weighted by atomic mass is 9.99. The number of amides is 2. The molecular weight excluding hydrogens is 276 g/mol. The first-order valence-corrected chi connectivity index (χ1v) is 7.34. The largest absolute Gasteiger partial charge is 0.352 e. The number of carbonyl (C=O) groups excluding carboxylic acids is 2. The Bertz CT molecular complexity index is 766. The number of carbonyl (C=O) groups is 2. The van der Waals surface area contributed by atoms with Crippen LogP contribution in [-0.2, 0) is 6.42 Å². The summed E-state index contributed by atoms with van der Waals surface area (Å²) in [4.78, 5) is 24.3. The highest BCUT2D eigenvalue weighted by Gasteiger charge is 2.17. The minimum atomic E-state index is -0.155. The van der Waals surface area contributed by atoms with E-state index < -0.39 is 0 Å². The second-order valence-corrected chi connectivity index (χ2v) is 5.65. The van der Waals surface area contributed by atoms with Crippen LogP contribution in [-0.4, -0.2) is 18.4 Å². The number of rotatable bonds is 2. The van der Waals surface area contributed by atoms with Crippen molar-refractivity contribution in [1.82, 2.24) is 5.32 Å². The Morgan fingerprint density at radius 2 is 1.95 bits per heavy atom. The average molecular weight is 294 g/mol. The minimum Gasteiger partial charge on any atom is -0.352 e. The van der Waals surface area contributed by atoms with E-state index in [2.05, 4.69) is 10.6 Å². The lowest BCUT2D eigenvalue weighted by Crippen LogP contribution is -2.31. The SMILES string of the molecule is Cc1ccc(C)c(C(=O)Nc2ccc3c(c2)C(=O)NCC3)c1. The molecule has 4 nitrogen and oxygen atoms in total. The molecule has 0 bridgehead atoms. The Balaban J connectivity index is 1.87. The number of benzene rings is 2. The summed E-state index contributed by atoms with van der Waals surface area (Å²) in [6, 6.07) is 11.3. The Kier molecular flexibility index (Phi) is 3.67. The van der Waals surface area contributed by atoms with Crippen molar-refractivity contribution in [2.24, 2.45) is 0 Å². The third-order valence-electron chi connectivity index (χ3n) is 3.93. The second kappa shape index (κ2) is 5.64. The standard InChI is InChI=1S/C18H18N2O2/c1-11-3-4-12(2)15(9-11)18(22)20-14-6-5-13-7-8-19-17(21)16(13)10-14/h3-6,9-10H,7-8H2,1-2H3,(H,19,21)(H,20,22). The molecule has 3 rings (SSSR count). The van der Waals surface area contributed by atoms with Gasteiger partial charge in [-0.15, -0.1) is 0 Å². The van der Waals surface area contributed by atoms with Gasteiger partial charge in [0.05, 0.1) is 0 Å². The molecule has 112 valence electrons. The molecule has 22 heavy (non-hydrogen) atoms. The van der Waals surface area contributed by atoms with E-state index in [1.165, 1.54) is 0 Å². The molecule has 0 aromatic heterocycles. The second-order valence-electron chi connectivity index (χ2n) is 5.65. The van der Waals surface area contributed by atoms with Gasteiger partial charge in [-0.05, 0) is 49.6 Å². The normalized spacial score (nSPS) is 13.3. The van der Waals surface area contributed by atoms with E-state index >= 15 is 0 Å². The monoisotopic (exact) mass is 294 g/mol. The maximum atomic E-state index is 12.4. The highest BCUT2D eigenvalue weighted by Crippen LogP contribution is 2.20. The van der Waals surface area contributed by atoms with Crippen molar-refractivity contribution in [1.29, 1.82) is 0 Å². The molecule has 2 N–H and O–H groups in total. The van der Waals surface area contributed by atoms with E-state index in [-0.39, 0.29) is 11.8 Å². The van der Waals surface area contributed by atoms with Gasteiger partial charge in [-0.1, -0.05) is 23.8 Å². The molecular formula is C18H18N2O2. The fourth-order valence-corrected chi connectivity index (χ4v) is 2.67. The Morgan fingerprint density at radius 3 is 2.77 bits per heavy atom. The third kappa shape index (κ3) is 2.72. The van der Waals surface area contributed by atoms with Crippen molar-refractivity contribution in [3.8, 4) is 0 Å². The van der Waals surface area contributed by atoms with Crippen molar-refractivity contribution in [3.05, 3.63) is 64.2 Å². The van der Waals surface area contributed by atoms with Crippen LogP contribution >= 0.6 is 0 Å². The molecule has 2 amide bonds. The molecule has 4 heteroatoms. The molecule has 2 aromatic rings. The smallest absolute Gasteiger partial charge is 0.255 e. The third-order valence-corrected chi connectivity index (χ3v) is 3.93. The fourth-order valence-electron chi connectivity index (χ4n) is 2.67. The summed E-state index contributed by atoms with van der Waals surface area (Å²) in [5.74, 6) is -0.235. The summed E-state index contributed by atoms with van der Waals surface area (Å²) in [7, 11) is 0. The molecule has 0 unspecified atom stereocenters. The maximum absolute atomic E-state index is 12.4. The van der Waals surface area contributed by atoms with E-state index in [0.717, 1.165) is 23.1 Å². The highest BCUT2D eigenvalue weighted by molar-refractivity contribution is 6.06. The lowest BCUT2D eigenvalue weighted by Gasteiger charge is -2.17. The van der Waals surface area contributed by atoms with E-state index in [1.807, 2.05) is 44.2 Å². The molecule has 0 radical (unpaired) electrons. The highest BCUT2D eigenvalue weighted by atomic mass is 16.2. The van der Waals surface area contributed by atoms with Gasteiger partial charge in [0.15, 0.2) is 0 Å². The van der Waals surface area contributed by atoms with Crippen molar-refractivity contribution in [2.45, 2.75) is 20.3 Å². The van der Waals surface area contributed by atoms with Gasteiger partial charge in [-0.3, -0.25) is 9.59 Å². The van der Waals surface area contributed by atoms with Crippen LogP contribution < -0.4 is 10.6 Å². The summed E-state index contributed by atoms with van der Waals surface area (Å²) >= 11 is 0. The first-order valence-electron chi connectivity index (χ1n) is 7.34. The van der Waals surface area contributed by atoms with Crippen molar-refractivity contribution in [2.75, 3.05) is 11.9 Å². The number of hydrogen-bond donors (Lipinski definition) is 2. The van der Waals surface area contributed by atoms with E-state index in [1.54, 1.807) is 6.07 Å². The first-order chi connectivity index (χ1) is 10.5. The Labute approximate surface area is 129 Å². The van der Waals surface area contributed by atoms with Crippen molar-refractivity contribution >= 4 is 17.5 Å². The molecule has 1 heterocycles. The summed E-state index contributed by atoms with van der Waals surface area (Å²) in [5, 5.41) is 5.69. The fraction of sp³-hybridized carbons (Fsp3) is 0.222. The molecule has 0 saturated heterocycles. The van der Waals surface area contributed by atoms with E-state index in [9.17, 15) is 9.59 Å². The van der Waals surface area contributed by atoms with Crippen molar-refractivity contribution < 1.29 is 9.59 Å². The van der Waals surface area contributed by atoms with Gasteiger partial charge in [-0.2, -0.15) is 0 Å². The van der Waals surface area contributed by atoms with Crippen LogP contribution in [0, 0.1) is 13.8 Å². The predicted molar refractivity (Wildman–Crippen MR) is 86.3 cm³/mol. The quantitative estimate of drug-likeness (QED) is 0.895. The molecule has 0 aliphatic carbocycles. The van der Waals surface area contributed by atoms with Gasteiger partial charge in [-0.25, -0.2) is 0 Å². The van der Waals surface area contributed by atoms with Crippen LogP contribution in [0.25, 0.3) is 0 Å². The Morgan fingerprint density at radius 1 is 1.14 bits per heavy atom. The van der Waals surface area contributed by atoms with E-state index in [4.69, 9.17) is 0 Å². The maximum Gasteiger partial charge on any atom is 0.255 e. The van der Waals surface area contributed by atoms with Crippen LogP contribution in [0.4, 0.5) is 5.69 Å². The number of anilines is 1. The molecule has 2 aromatic carbocycles. The van der Waals surface area contributed by atoms with Gasteiger partial charge in [0.1, 0.15) is 0 Å². The number of nitrogens with one attached hydrogen (secondary N) is 2. The zero-order valence-electron chi connectivity index (χ0n) is 12.7. The average Bonchev–Trinajstić information content (AvgIpc) is 2.50. The van der Waals surface area contributed by atoms with Gasteiger partial charge < -0.3 is 10.6 Å². The molecule has 0 spiro atoms. The van der Waals surface area contributed by atoms with Gasteiger partial charge in [0, 0.05) is 23.4 Å². The van der Waals surface area contributed by atoms with Crippen molar-refractivity contribution in [3.63, 3.8) is 0 Å². The van der Waals surface area contributed by atoms with Crippen LogP contribution in [0.1, 0.15) is 37.4 Å².